The van der Waals surface area contributed by atoms with Crippen LogP contribution in [0.5, 0.6) is 0 Å². The summed E-state index contributed by atoms with van der Waals surface area (Å²) in [4.78, 5) is 21.2. The number of methoxy groups -OCH3 is 1. The van der Waals surface area contributed by atoms with Gasteiger partial charge in [-0.05, 0) is 44.4 Å². The Labute approximate surface area is 245 Å². The highest BCUT2D eigenvalue weighted by Gasteiger charge is 2.43. The van der Waals surface area contributed by atoms with Crippen LogP contribution >= 0.6 is 22.9 Å². The fraction of sp³-hybridized carbons (Fsp3) is 0.286. The van der Waals surface area contributed by atoms with Gasteiger partial charge in [0.25, 0.3) is 10.0 Å². The minimum Gasteiger partial charge on any atom is -0.359 e. The van der Waals surface area contributed by atoms with Crippen LogP contribution in [-0.4, -0.2) is 52.3 Å². The molecule has 1 fully saturated rings. The third-order valence-corrected chi connectivity index (χ3v) is 10.5. The predicted molar refractivity (Wildman–Crippen MR) is 155 cm³/mol. The number of ether oxygens (including phenoxy) is 2. The van der Waals surface area contributed by atoms with E-state index in [1.54, 1.807) is 49.8 Å². The minimum absolute atomic E-state index is 0.0385. The Morgan fingerprint density at radius 1 is 1.15 bits per heavy atom. The number of aldehydes is 1. The van der Waals surface area contributed by atoms with E-state index in [-0.39, 0.29) is 23.9 Å². The quantitative estimate of drug-likeness (QED) is 0.152. The maximum absolute atomic E-state index is 14.1. The summed E-state index contributed by atoms with van der Waals surface area (Å²) in [6.45, 7) is 2.09. The lowest BCUT2D eigenvalue weighted by Crippen LogP contribution is -2.37. The van der Waals surface area contributed by atoms with Crippen LogP contribution in [0.25, 0.3) is 32.7 Å². The van der Waals surface area contributed by atoms with Gasteiger partial charge in [0, 0.05) is 42.2 Å². The molecule has 212 valence electrons. The van der Waals surface area contributed by atoms with Gasteiger partial charge in [0.05, 0.1) is 33.2 Å². The van der Waals surface area contributed by atoms with Crippen molar-refractivity contribution in [3.8, 4) is 21.7 Å². The number of aromatic nitrogens is 5. The van der Waals surface area contributed by atoms with Crippen molar-refractivity contribution in [3.63, 3.8) is 0 Å². The third kappa shape index (κ3) is 4.79. The number of rotatable bonds is 10. The number of nitrogens with zero attached hydrogens (tertiary/aromatic N) is 5. The lowest BCUT2D eigenvalue weighted by Gasteiger charge is -2.39. The van der Waals surface area contributed by atoms with Crippen molar-refractivity contribution in [2.45, 2.75) is 43.2 Å². The molecule has 0 atom stereocenters. The van der Waals surface area contributed by atoms with E-state index in [0.717, 1.165) is 41.0 Å². The Morgan fingerprint density at radius 2 is 1.93 bits per heavy atom. The molecule has 0 amide bonds. The molecule has 1 saturated carbocycles. The largest absolute Gasteiger partial charge is 0.359 e. The number of aryl methyl sites for hydroxylation is 1. The van der Waals surface area contributed by atoms with Crippen LogP contribution in [0.1, 0.15) is 29.8 Å². The fourth-order valence-electron chi connectivity index (χ4n) is 4.97. The Bertz CT molecular complexity index is 1860. The van der Waals surface area contributed by atoms with E-state index >= 15 is 0 Å². The van der Waals surface area contributed by atoms with E-state index in [2.05, 4.69) is 10.1 Å². The first kappa shape index (κ1) is 27.7. The van der Waals surface area contributed by atoms with Gasteiger partial charge in [-0.2, -0.15) is 5.10 Å². The summed E-state index contributed by atoms with van der Waals surface area (Å²) in [6.07, 6.45) is 9.78. The van der Waals surface area contributed by atoms with Gasteiger partial charge in [0.2, 0.25) is 0 Å². The SMILES string of the molecule is COCOC1(c2ncc(-c3c(Cl)cnc4c3cc(-c3cnn(CC=O)c3)n4S(=O)(=O)c3ccc(C)cc3)s2)CCC1. The van der Waals surface area contributed by atoms with E-state index in [1.165, 1.54) is 32.4 Å². The molecule has 0 bridgehead atoms. The van der Waals surface area contributed by atoms with Crippen LogP contribution in [0.2, 0.25) is 5.02 Å². The highest BCUT2D eigenvalue weighted by Crippen LogP contribution is 2.49. The van der Waals surface area contributed by atoms with E-state index in [0.29, 0.717) is 27.2 Å². The Morgan fingerprint density at radius 3 is 2.61 bits per heavy atom. The van der Waals surface area contributed by atoms with Gasteiger partial charge in [-0.25, -0.2) is 22.4 Å². The zero-order chi connectivity index (χ0) is 28.8. The number of fused-ring (bicyclic) bond motifs is 1. The summed E-state index contributed by atoms with van der Waals surface area (Å²) >= 11 is 8.20. The van der Waals surface area contributed by atoms with Gasteiger partial charge in [-0.3, -0.25) is 4.68 Å². The van der Waals surface area contributed by atoms with E-state index < -0.39 is 15.6 Å². The zero-order valence-corrected chi connectivity index (χ0v) is 24.7. The number of carbonyl (C=O) groups is 1. The molecule has 4 aromatic heterocycles. The van der Waals surface area contributed by atoms with Crippen LogP contribution in [0.15, 0.2) is 60.0 Å². The average Bonchev–Trinajstić information content (AvgIpc) is 3.68. The summed E-state index contributed by atoms with van der Waals surface area (Å²) in [5, 5.41) is 5.95. The monoisotopic (exact) mass is 611 g/mol. The van der Waals surface area contributed by atoms with Gasteiger partial charge >= 0.3 is 0 Å². The number of hydrogen-bond donors (Lipinski definition) is 0. The van der Waals surface area contributed by atoms with Gasteiger partial charge in [-0.1, -0.05) is 29.3 Å². The minimum atomic E-state index is -4.10. The lowest BCUT2D eigenvalue weighted by atomic mass is 9.80. The van der Waals surface area contributed by atoms with E-state index in [1.807, 2.05) is 6.92 Å². The van der Waals surface area contributed by atoms with Crippen molar-refractivity contribution < 1.29 is 22.7 Å². The number of carbonyl (C=O) groups excluding carboxylic acids is 1. The molecule has 5 aromatic rings. The first-order valence-corrected chi connectivity index (χ1v) is 15.5. The average molecular weight is 612 g/mol. The van der Waals surface area contributed by atoms with Crippen molar-refractivity contribution in [2.24, 2.45) is 0 Å². The second-order valence-electron chi connectivity index (χ2n) is 9.88. The molecule has 1 aliphatic rings. The smallest absolute Gasteiger partial charge is 0.269 e. The predicted octanol–water partition coefficient (Wildman–Crippen LogP) is 5.42. The molecule has 1 aromatic carbocycles. The molecule has 4 heterocycles. The maximum Gasteiger partial charge on any atom is 0.269 e. The lowest BCUT2D eigenvalue weighted by molar-refractivity contribution is -0.171. The highest BCUT2D eigenvalue weighted by atomic mass is 35.5. The summed E-state index contributed by atoms with van der Waals surface area (Å²) in [6, 6.07) is 8.38. The topological polar surface area (TPSA) is 118 Å². The standard InChI is InChI=1S/C28H26ClN5O5S2/c1-18-4-6-20(7-5-18)41(36,37)34-23(19-13-32-33(16-19)10-11-35)12-21-25(22(29)14-30-26(21)34)24-15-31-27(40-24)28(8-3-9-28)39-17-38-2/h4-7,11-16H,3,8-10,17H2,1-2H3. The summed E-state index contributed by atoms with van der Waals surface area (Å²) in [7, 11) is -2.51. The first-order valence-electron chi connectivity index (χ1n) is 12.9. The van der Waals surface area contributed by atoms with Crippen LogP contribution < -0.4 is 0 Å². The molecule has 0 radical (unpaired) electrons. The van der Waals surface area contributed by atoms with Gasteiger partial charge in [0.1, 0.15) is 23.7 Å². The molecular formula is C28H26ClN5O5S2. The molecule has 0 spiro atoms. The maximum atomic E-state index is 14.1. The molecule has 0 aliphatic heterocycles. The third-order valence-electron chi connectivity index (χ3n) is 7.25. The van der Waals surface area contributed by atoms with Crippen LogP contribution in [0.4, 0.5) is 0 Å². The van der Waals surface area contributed by atoms with Gasteiger partial charge in [-0.15, -0.1) is 11.3 Å². The molecule has 0 N–H and O–H groups in total. The first-order chi connectivity index (χ1) is 19.8. The number of pyridine rings is 1. The normalized spacial score (nSPS) is 14.8. The Balaban J connectivity index is 1.56. The van der Waals surface area contributed by atoms with E-state index in [9.17, 15) is 13.2 Å². The van der Waals surface area contributed by atoms with E-state index in [4.69, 9.17) is 26.1 Å². The molecule has 6 rings (SSSR count). The molecule has 1 aliphatic carbocycles. The van der Waals surface area contributed by atoms with Crippen molar-refractivity contribution >= 4 is 50.3 Å². The van der Waals surface area contributed by atoms with Crippen LogP contribution in [0, 0.1) is 6.92 Å². The summed E-state index contributed by atoms with van der Waals surface area (Å²) in [5.41, 5.74) is 2.12. The Hall–Kier alpha value is -3.42. The second kappa shape index (κ2) is 10.8. The molecular weight excluding hydrogens is 586 g/mol. The van der Waals surface area contributed by atoms with Crippen LogP contribution in [-0.2, 0) is 36.4 Å². The summed E-state index contributed by atoms with van der Waals surface area (Å²) < 4.78 is 42.1. The van der Waals surface area contributed by atoms with Gasteiger partial charge < -0.3 is 14.3 Å². The van der Waals surface area contributed by atoms with Gasteiger partial charge in [0.15, 0.2) is 5.65 Å². The highest BCUT2D eigenvalue weighted by molar-refractivity contribution is 7.90. The van der Waals surface area contributed by atoms with Crippen LogP contribution in [0.3, 0.4) is 0 Å². The van der Waals surface area contributed by atoms with Crippen molar-refractivity contribution in [2.75, 3.05) is 13.9 Å². The zero-order valence-electron chi connectivity index (χ0n) is 22.3. The number of halogens is 1. The molecule has 41 heavy (non-hydrogen) atoms. The molecule has 10 nitrogen and oxygen atoms in total. The number of benzene rings is 1. The number of hydrogen-bond acceptors (Lipinski definition) is 9. The van der Waals surface area contributed by atoms with Crippen molar-refractivity contribution in [1.29, 1.82) is 0 Å². The molecule has 13 heteroatoms. The molecule has 0 saturated heterocycles. The summed E-state index contributed by atoms with van der Waals surface area (Å²) in [5.74, 6) is 0. The number of thiazole rings is 1. The van der Waals surface area contributed by atoms with Crippen molar-refractivity contribution in [3.05, 3.63) is 70.7 Å². The van der Waals surface area contributed by atoms with Crippen molar-refractivity contribution in [1.82, 2.24) is 23.7 Å². The fourth-order valence-corrected chi connectivity index (χ4v) is 7.95. The Kier molecular flexibility index (Phi) is 7.28. The second-order valence-corrected chi connectivity index (χ2v) is 13.1. The molecule has 0 unspecified atom stereocenters.